The fourth-order valence-corrected chi connectivity index (χ4v) is 1.92. The lowest BCUT2D eigenvalue weighted by Gasteiger charge is -2.13. The zero-order valence-electron chi connectivity index (χ0n) is 9.73. The molecule has 0 saturated heterocycles. The summed E-state index contributed by atoms with van der Waals surface area (Å²) in [5, 5.41) is 10.1. The quantitative estimate of drug-likeness (QED) is 0.856. The summed E-state index contributed by atoms with van der Waals surface area (Å²) in [5.74, 6) is -0.308. The van der Waals surface area contributed by atoms with E-state index in [9.17, 15) is 9.50 Å². The first-order valence-corrected chi connectivity index (χ1v) is 5.65. The third kappa shape index (κ3) is 2.92. The first-order chi connectivity index (χ1) is 8.16. The largest absolute Gasteiger partial charge is 0.388 e. The molecule has 2 heteroatoms. The van der Waals surface area contributed by atoms with Crippen LogP contribution < -0.4 is 0 Å². The van der Waals surface area contributed by atoms with Crippen molar-refractivity contribution in [3.05, 3.63) is 71.0 Å². The molecule has 1 N–H and O–H groups in total. The van der Waals surface area contributed by atoms with Gasteiger partial charge in [0.2, 0.25) is 0 Å². The van der Waals surface area contributed by atoms with Crippen LogP contribution in [0.15, 0.2) is 48.5 Å². The van der Waals surface area contributed by atoms with E-state index in [2.05, 4.69) is 0 Å². The molecule has 2 rings (SSSR count). The smallest absolute Gasteiger partial charge is 0.123 e. The molecule has 1 nitrogen and oxygen atoms in total. The lowest BCUT2D eigenvalue weighted by atomic mass is 9.98. The Bertz CT molecular complexity index is 494. The summed E-state index contributed by atoms with van der Waals surface area (Å²) in [5.41, 5.74) is 2.62. The Kier molecular flexibility index (Phi) is 3.55. The van der Waals surface area contributed by atoms with E-state index in [1.807, 2.05) is 37.3 Å². The van der Waals surface area contributed by atoms with E-state index in [4.69, 9.17) is 0 Å². The summed E-state index contributed by atoms with van der Waals surface area (Å²) in [6.45, 7) is 1.88. The number of aliphatic hydroxyl groups is 1. The Hall–Kier alpha value is -1.67. The highest BCUT2D eigenvalue weighted by molar-refractivity contribution is 5.30. The van der Waals surface area contributed by atoms with Crippen LogP contribution >= 0.6 is 0 Å². The second-order valence-corrected chi connectivity index (χ2v) is 4.21. The van der Waals surface area contributed by atoms with E-state index in [0.29, 0.717) is 12.0 Å². The van der Waals surface area contributed by atoms with Gasteiger partial charge < -0.3 is 5.11 Å². The van der Waals surface area contributed by atoms with Crippen LogP contribution in [0, 0.1) is 12.7 Å². The van der Waals surface area contributed by atoms with Crippen molar-refractivity contribution in [2.45, 2.75) is 19.4 Å². The van der Waals surface area contributed by atoms with E-state index >= 15 is 0 Å². The van der Waals surface area contributed by atoms with Crippen LogP contribution in [0.3, 0.4) is 0 Å². The molecule has 0 aliphatic heterocycles. The van der Waals surface area contributed by atoms with Gasteiger partial charge in [0.1, 0.15) is 5.82 Å². The van der Waals surface area contributed by atoms with Gasteiger partial charge in [-0.2, -0.15) is 0 Å². The molecule has 1 atom stereocenters. The van der Waals surface area contributed by atoms with Crippen molar-refractivity contribution in [2.24, 2.45) is 0 Å². The van der Waals surface area contributed by atoms with Gasteiger partial charge in [-0.25, -0.2) is 4.39 Å². The van der Waals surface area contributed by atoms with Crippen molar-refractivity contribution < 1.29 is 9.50 Å². The molecule has 0 spiro atoms. The van der Waals surface area contributed by atoms with Gasteiger partial charge in [-0.15, -0.1) is 0 Å². The molecule has 2 aromatic carbocycles. The van der Waals surface area contributed by atoms with Crippen molar-refractivity contribution in [3.63, 3.8) is 0 Å². The predicted octanol–water partition coefficient (Wildman–Crippen LogP) is 3.41. The average molecular weight is 230 g/mol. The molecule has 17 heavy (non-hydrogen) atoms. The summed E-state index contributed by atoms with van der Waals surface area (Å²) in [6, 6.07) is 14.2. The van der Waals surface area contributed by atoms with Gasteiger partial charge in [-0.1, -0.05) is 36.4 Å². The molecule has 0 heterocycles. The van der Waals surface area contributed by atoms with Gasteiger partial charge in [0.25, 0.3) is 0 Å². The Morgan fingerprint density at radius 2 is 1.82 bits per heavy atom. The second kappa shape index (κ2) is 5.11. The molecule has 0 aliphatic rings. The van der Waals surface area contributed by atoms with E-state index in [-0.39, 0.29) is 5.82 Å². The van der Waals surface area contributed by atoms with Crippen molar-refractivity contribution in [2.75, 3.05) is 0 Å². The zero-order valence-corrected chi connectivity index (χ0v) is 9.73. The highest BCUT2D eigenvalue weighted by Crippen LogP contribution is 2.22. The molecular formula is C15H15FO. The Balaban J connectivity index is 2.20. The summed E-state index contributed by atoms with van der Waals surface area (Å²) in [6.07, 6.45) is -0.154. The normalized spacial score (nSPS) is 12.4. The van der Waals surface area contributed by atoms with Crippen molar-refractivity contribution in [1.82, 2.24) is 0 Å². The van der Waals surface area contributed by atoms with Gasteiger partial charge in [0.15, 0.2) is 0 Å². The van der Waals surface area contributed by atoms with Crippen LogP contribution in [0.1, 0.15) is 22.8 Å². The highest BCUT2D eigenvalue weighted by Gasteiger charge is 2.11. The summed E-state index contributed by atoms with van der Waals surface area (Å²) < 4.78 is 13.1. The van der Waals surface area contributed by atoms with Crippen molar-refractivity contribution in [1.29, 1.82) is 0 Å². The van der Waals surface area contributed by atoms with Gasteiger partial charge in [0.05, 0.1) is 6.10 Å². The molecule has 88 valence electrons. The SMILES string of the molecule is Cc1ccc(F)cc1C(O)Cc1ccccc1. The van der Waals surface area contributed by atoms with Crippen LogP contribution in [-0.2, 0) is 6.42 Å². The minimum Gasteiger partial charge on any atom is -0.388 e. The van der Waals surface area contributed by atoms with E-state index in [1.54, 1.807) is 6.07 Å². The Morgan fingerprint density at radius 1 is 1.12 bits per heavy atom. The first-order valence-electron chi connectivity index (χ1n) is 5.65. The number of halogens is 1. The zero-order chi connectivity index (χ0) is 12.3. The molecule has 0 radical (unpaired) electrons. The van der Waals surface area contributed by atoms with Crippen LogP contribution in [0.25, 0.3) is 0 Å². The third-order valence-electron chi connectivity index (χ3n) is 2.87. The fourth-order valence-electron chi connectivity index (χ4n) is 1.92. The lowest BCUT2D eigenvalue weighted by molar-refractivity contribution is 0.177. The lowest BCUT2D eigenvalue weighted by Crippen LogP contribution is -2.04. The molecular weight excluding hydrogens is 215 g/mol. The standard InChI is InChI=1S/C15H15FO/c1-11-7-8-13(16)10-14(11)15(17)9-12-5-3-2-4-6-12/h2-8,10,15,17H,9H2,1H3. The van der Waals surface area contributed by atoms with Crippen LogP contribution in [0.5, 0.6) is 0 Å². The highest BCUT2D eigenvalue weighted by atomic mass is 19.1. The van der Waals surface area contributed by atoms with Crippen LogP contribution in [0.2, 0.25) is 0 Å². The molecule has 0 saturated carbocycles. The van der Waals surface area contributed by atoms with Crippen molar-refractivity contribution in [3.8, 4) is 0 Å². The molecule has 0 amide bonds. The van der Waals surface area contributed by atoms with Crippen molar-refractivity contribution >= 4 is 0 Å². The molecule has 1 unspecified atom stereocenters. The molecule has 0 fully saturated rings. The monoisotopic (exact) mass is 230 g/mol. The topological polar surface area (TPSA) is 20.2 Å². The molecule has 2 aromatic rings. The maximum atomic E-state index is 13.1. The van der Waals surface area contributed by atoms with Gasteiger partial charge in [0, 0.05) is 6.42 Å². The van der Waals surface area contributed by atoms with Crippen LogP contribution in [0.4, 0.5) is 4.39 Å². The minimum atomic E-state index is -0.659. The number of aliphatic hydroxyl groups excluding tert-OH is 1. The molecule has 0 bridgehead atoms. The number of hydrogen-bond donors (Lipinski definition) is 1. The van der Waals surface area contributed by atoms with E-state index < -0.39 is 6.10 Å². The fraction of sp³-hybridized carbons (Fsp3) is 0.200. The number of benzene rings is 2. The number of rotatable bonds is 3. The molecule has 0 aliphatic carbocycles. The number of aryl methyl sites for hydroxylation is 1. The summed E-state index contributed by atoms with van der Waals surface area (Å²) in [4.78, 5) is 0. The van der Waals surface area contributed by atoms with E-state index in [0.717, 1.165) is 11.1 Å². The first kappa shape index (κ1) is 11.8. The summed E-state index contributed by atoms with van der Waals surface area (Å²) in [7, 11) is 0. The predicted molar refractivity (Wildman–Crippen MR) is 66.2 cm³/mol. The third-order valence-corrected chi connectivity index (χ3v) is 2.87. The van der Waals surface area contributed by atoms with Gasteiger partial charge in [-0.05, 0) is 35.7 Å². The van der Waals surface area contributed by atoms with Gasteiger partial charge in [-0.3, -0.25) is 0 Å². The Morgan fingerprint density at radius 3 is 2.53 bits per heavy atom. The van der Waals surface area contributed by atoms with Gasteiger partial charge >= 0.3 is 0 Å². The minimum absolute atomic E-state index is 0.308. The van der Waals surface area contributed by atoms with Crippen LogP contribution in [-0.4, -0.2) is 5.11 Å². The Labute approximate surface area is 101 Å². The maximum absolute atomic E-state index is 13.1. The maximum Gasteiger partial charge on any atom is 0.123 e. The second-order valence-electron chi connectivity index (χ2n) is 4.21. The van der Waals surface area contributed by atoms with E-state index in [1.165, 1.54) is 12.1 Å². The molecule has 0 aromatic heterocycles. The number of hydrogen-bond acceptors (Lipinski definition) is 1. The average Bonchev–Trinajstić information content (AvgIpc) is 2.33. The summed E-state index contributed by atoms with van der Waals surface area (Å²) >= 11 is 0.